The van der Waals surface area contributed by atoms with Crippen LogP contribution in [-0.2, 0) is 19.6 Å². The molecule has 0 aliphatic heterocycles. The number of nitrogens with one attached hydrogen (secondary N) is 2. The molecule has 7 heteroatoms. The highest BCUT2D eigenvalue weighted by Crippen LogP contribution is 2.37. The standard InChI is InChI=1S/C24H23BrClN3O2/c1-30-22-13-17(12-19(25)24(22)31-15-16-6-8-18(26)9-7-16)14-27-11-10-23-28-20-4-2-3-5-21(20)29-23/h2-9,12-13,27H,10-11,14-15H2,1H3,(H,28,29). The van der Waals surface area contributed by atoms with E-state index < -0.39 is 0 Å². The lowest BCUT2D eigenvalue weighted by Crippen LogP contribution is -2.17. The predicted molar refractivity (Wildman–Crippen MR) is 128 cm³/mol. The van der Waals surface area contributed by atoms with Crippen LogP contribution in [0.5, 0.6) is 11.5 Å². The van der Waals surface area contributed by atoms with Crippen molar-refractivity contribution >= 4 is 38.6 Å². The topological polar surface area (TPSA) is 59.2 Å². The first-order valence-electron chi connectivity index (χ1n) is 10.0. The molecule has 0 unspecified atom stereocenters. The second-order valence-electron chi connectivity index (χ2n) is 7.15. The Labute approximate surface area is 194 Å². The van der Waals surface area contributed by atoms with Gasteiger partial charge in [-0.1, -0.05) is 35.9 Å². The molecule has 4 aromatic rings. The van der Waals surface area contributed by atoms with Crippen LogP contribution in [-0.4, -0.2) is 23.6 Å². The summed E-state index contributed by atoms with van der Waals surface area (Å²) in [6, 6.07) is 19.7. The van der Waals surface area contributed by atoms with Gasteiger partial charge in [0.15, 0.2) is 11.5 Å². The number of benzene rings is 3. The van der Waals surface area contributed by atoms with Crippen molar-refractivity contribution in [2.24, 2.45) is 0 Å². The quantitative estimate of drug-likeness (QED) is 0.281. The second-order valence-corrected chi connectivity index (χ2v) is 8.44. The summed E-state index contributed by atoms with van der Waals surface area (Å²) in [6.07, 6.45) is 0.829. The minimum absolute atomic E-state index is 0.432. The molecule has 0 amide bonds. The molecule has 31 heavy (non-hydrogen) atoms. The maximum absolute atomic E-state index is 6.00. The Morgan fingerprint density at radius 2 is 1.87 bits per heavy atom. The van der Waals surface area contributed by atoms with Gasteiger partial charge in [0, 0.05) is 24.5 Å². The number of aromatic nitrogens is 2. The van der Waals surface area contributed by atoms with Gasteiger partial charge in [0.1, 0.15) is 12.4 Å². The molecule has 2 N–H and O–H groups in total. The van der Waals surface area contributed by atoms with Gasteiger partial charge in [-0.25, -0.2) is 4.98 Å². The summed E-state index contributed by atoms with van der Waals surface area (Å²) in [4.78, 5) is 7.97. The summed E-state index contributed by atoms with van der Waals surface area (Å²) in [6.45, 7) is 1.96. The summed E-state index contributed by atoms with van der Waals surface area (Å²) in [5, 5.41) is 4.17. The Morgan fingerprint density at radius 1 is 1.06 bits per heavy atom. The molecule has 0 saturated carbocycles. The van der Waals surface area contributed by atoms with Crippen LogP contribution in [0.15, 0.2) is 65.1 Å². The van der Waals surface area contributed by atoms with E-state index in [1.54, 1.807) is 7.11 Å². The van der Waals surface area contributed by atoms with E-state index >= 15 is 0 Å². The number of rotatable bonds is 9. The highest BCUT2D eigenvalue weighted by molar-refractivity contribution is 9.10. The SMILES string of the molecule is COc1cc(CNCCc2nc3ccccc3[nH]2)cc(Br)c1OCc1ccc(Cl)cc1. The molecule has 0 radical (unpaired) electrons. The van der Waals surface area contributed by atoms with Crippen molar-refractivity contribution < 1.29 is 9.47 Å². The number of aromatic amines is 1. The molecule has 0 spiro atoms. The van der Waals surface area contributed by atoms with Crippen LogP contribution in [0.4, 0.5) is 0 Å². The first kappa shape index (κ1) is 21.7. The predicted octanol–water partition coefficient (Wildman–Crippen LogP) is 5.90. The summed E-state index contributed by atoms with van der Waals surface area (Å²) >= 11 is 9.57. The van der Waals surface area contributed by atoms with Crippen LogP contribution in [0.1, 0.15) is 17.0 Å². The van der Waals surface area contributed by atoms with Crippen molar-refractivity contribution in [2.75, 3.05) is 13.7 Å². The summed E-state index contributed by atoms with van der Waals surface area (Å²) < 4.78 is 12.4. The monoisotopic (exact) mass is 499 g/mol. The van der Waals surface area contributed by atoms with Crippen LogP contribution in [0, 0.1) is 0 Å². The summed E-state index contributed by atoms with van der Waals surface area (Å²) in [5.74, 6) is 2.36. The number of fused-ring (bicyclic) bond motifs is 1. The van der Waals surface area contributed by atoms with E-state index in [0.29, 0.717) is 29.7 Å². The zero-order valence-corrected chi connectivity index (χ0v) is 19.5. The third-order valence-electron chi connectivity index (χ3n) is 4.89. The molecule has 4 rings (SSSR count). The molecule has 0 atom stereocenters. The Kier molecular flexibility index (Phi) is 7.12. The van der Waals surface area contributed by atoms with Gasteiger partial charge in [0.05, 0.1) is 22.6 Å². The van der Waals surface area contributed by atoms with E-state index in [4.69, 9.17) is 21.1 Å². The number of H-pyrrole nitrogens is 1. The number of methoxy groups -OCH3 is 1. The number of hydrogen-bond acceptors (Lipinski definition) is 4. The highest BCUT2D eigenvalue weighted by atomic mass is 79.9. The van der Waals surface area contributed by atoms with Crippen molar-refractivity contribution in [1.82, 2.24) is 15.3 Å². The molecule has 1 heterocycles. The maximum Gasteiger partial charge on any atom is 0.175 e. The third-order valence-corrected chi connectivity index (χ3v) is 5.73. The van der Waals surface area contributed by atoms with E-state index in [1.165, 1.54) is 0 Å². The molecule has 5 nitrogen and oxygen atoms in total. The fraction of sp³-hybridized carbons (Fsp3) is 0.208. The lowest BCUT2D eigenvalue weighted by molar-refractivity contribution is 0.282. The molecule has 0 fully saturated rings. The van der Waals surface area contributed by atoms with E-state index in [-0.39, 0.29) is 0 Å². The molecule has 0 bridgehead atoms. The summed E-state index contributed by atoms with van der Waals surface area (Å²) in [7, 11) is 1.65. The van der Waals surface area contributed by atoms with Crippen LogP contribution in [0.25, 0.3) is 11.0 Å². The summed E-state index contributed by atoms with van der Waals surface area (Å²) in [5.41, 5.74) is 4.21. The van der Waals surface area contributed by atoms with Gasteiger partial charge in [0.2, 0.25) is 0 Å². The van der Waals surface area contributed by atoms with Crippen LogP contribution < -0.4 is 14.8 Å². The van der Waals surface area contributed by atoms with Crippen molar-refractivity contribution in [1.29, 1.82) is 0 Å². The minimum Gasteiger partial charge on any atom is -0.493 e. The lowest BCUT2D eigenvalue weighted by Gasteiger charge is -2.15. The highest BCUT2D eigenvalue weighted by Gasteiger charge is 2.12. The molecule has 0 aliphatic rings. The average molecular weight is 501 g/mol. The number of nitrogens with zero attached hydrogens (tertiary/aromatic N) is 1. The Hall–Kier alpha value is -2.54. The fourth-order valence-corrected chi connectivity index (χ4v) is 4.04. The molecule has 1 aromatic heterocycles. The number of hydrogen-bond donors (Lipinski definition) is 2. The van der Waals surface area contributed by atoms with Crippen LogP contribution in [0.2, 0.25) is 5.02 Å². The number of ether oxygens (including phenoxy) is 2. The second kappa shape index (κ2) is 10.2. The van der Waals surface area contributed by atoms with E-state index in [9.17, 15) is 0 Å². The zero-order chi connectivity index (χ0) is 21.6. The Bertz CT molecular complexity index is 1130. The van der Waals surface area contributed by atoms with Gasteiger partial charge in [-0.3, -0.25) is 0 Å². The maximum atomic E-state index is 6.00. The molecule has 160 valence electrons. The minimum atomic E-state index is 0.432. The zero-order valence-electron chi connectivity index (χ0n) is 17.1. The number of imidazole rings is 1. The van der Waals surface area contributed by atoms with Crippen molar-refractivity contribution in [3.05, 3.63) is 87.1 Å². The smallest absolute Gasteiger partial charge is 0.175 e. The normalized spacial score (nSPS) is 11.1. The number of para-hydroxylation sites is 2. The van der Waals surface area contributed by atoms with Gasteiger partial charge in [-0.15, -0.1) is 0 Å². The van der Waals surface area contributed by atoms with Crippen molar-refractivity contribution in [3.63, 3.8) is 0 Å². The molecular formula is C24H23BrClN3O2. The van der Waals surface area contributed by atoms with Gasteiger partial charge in [0.25, 0.3) is 0 Å². The first-order valence-corrected chi connectivity index (χ1v) is 11.2. The molecule has 0 saturated heterocycles. The van der Waals surface area contributed by atoms with Gasteiger partial charge >= 0.3 is 0 Å². The lowest BCUT2D eigenvalue weighted by atomic mass is 10.2. The van der Waals surface area contributed by atoms with E-state index in [2.05, 4.69) is 31.2 Å². The average Bonchev–Trinajstić information content (AvgIpc) is 3.19. The first-order chi connectivity index (χ1) is 15.1. The van der Waals surface area contributed by atoms with E-state index in [0.717, 1.165) is 45.4 Å². The molecular weight excluding hydrogens is 478 g/mol. The van der Waals surface area contributed by atoms with Crippen LogP contribution >= 0.6 is 27.5 Å². The largest absolute Gasteiger partial charge is 0.493 e. The van der Waals surface area contributed by atoms with Crippen molar-refractivity contribution in [3.8, 4) is 11.5 Å². The molecule has 3 aromatic carbocycles. The van der Waals surface area contributed by atoms with Gasteiger partial charge < -0.3 is 19.8 Å². The number of halogens is 2. The van der Waals surface area contributed by atoms with Crippen molar-refractivity contribution in [2.45, 2.75) is 19.6 Å². The molecule has 0 aliphatic carbocycles. The Balaban J connectivity index is 1.34. The van der Waals surface area contributed by atoms with E-state index in [1.807, 2.05) is 60.7 Å². The third kappa shape index (κ3) is 5.58. The Morgan fingerprint density at radius 3 is 2.65 bits per heavy atom. The van der Waals surface area contributed by atoms with Gasteiger partial charge in [-0.2, -0.15) is 0 Å². The fourth-order valence-electron chi connectivity index (χ4n) is 3.32. The van der Waals surface area contributed by atoms with Gasteiger partial charge in [-0.05, 0) is 63.5 Å². The van der Waals surface area contributed by atoms with Crippen LogP contribution in [0.3, 0.4) is 0 Å².